The third-order valence-corrected chi connectivity index (χ3v) is 3.62. The van der Waals surface area contributed by atoms with Gasteiger partial charge in [-0.05, 0) is 44.2 Å². The SMILES string of the molecule is Cc1nnc(-c2ccc(Cl)cc2)n1C1CCNC1. The van der Waals surface area contributed by atoms with Crippen molar-refractivity contribution in [1.29, 1.82) is 0 Å². The summed E-state index contributed by atoms with van der Waals surface area (Å²) in [7, 11) is 0. The van der Waals surface area contributed by atoms with Crippen molar-refractivity contribution in [3.05, 3.63) is 35.1 Å². The first-order valence-electron chi connectivity index (χ1n) is 6.14. The fraction of sp³-hybridized carbons (Fsp3) is 0.385. The predicted molar refractivity (Wildman–Crippen MR) is 71.7 cm³/mol. The molecule has 0 radical (unpaired) electrons. The number of aromatic nitrogens is 3. The number of aryl methyl sites for hydroxylation is 1. The van der Waals surface area contributed by atoms with Gasteiger partial charge in [0.2, 0.25) is 0 Å². The van der Waals surface area contributed by atoms with Crippen LogP contribution in [0.3, 0.4) is 0 Å². The Labute approximate surface area is 111 Å². The second-order valence-electron chi connectivity index (χ2n) is 4.59. The van der Waals surface area contributed by atoms with E-state index in [1.54, 1.807) is 0 Å². The molecule has 1 atom stereocenters. The highest BCUT2D eigenvalue weighted by Gasteiger charge is 2.22. The molecular weight excluding hydrogens is 248 g/mol. The molecule has 1 unspecified atom stereocenters. The molecule has 1 aliphatic heterocycles. The van der Waals surface area contributed by atoms with Crippen LogP contribution in [0.1, 0.15) is 18.3 Å². The Bertz CT molecular complexity index is 541. The van der Waals surface area contributed by atoms with Crippen LogP contribution in [-0.4, -0.2) is 27.9 Å². The topological polar surface area (TPSA) is 42.7 Å². The van der Waals surface area contributed by atoms with Crippen LogP contribution in [-0.2, 0) is 0 Å². The molecule has 3 rings (SSSR count). The first-order valence-corrected chi connectivity index (χ1v) is 6.51. The lowest BCUT2D eigenvalue weighted by Crippen LogP contribution is -2.15. The molecule has 94 valence electrons. The first-order chi connectivity index (χ1) is 8.75. The minimum atomic E-state index is 0.450. The van der Waals surface area contributed by atoms with Gasteiger partial charge in [-0.2, -0.15) is 0 Å². The van der Waals surface area contributed by atoms with Crippen molar-refractivity contribution in [2.45, 2.75) is 19.4 Å². The molecule has 18 heavy (non-hydrogen) atoms. The summed E-state index contributed by atoms with van der Waals surface area (Å²) in [6.07, 6.45) is 1.12. The first kappa shape index (κ1) is 11.7. The number of nitrogens with one attached hydrogen (secondary N) is 1. The Balaban J connectivity index is 2.04. The number of rotatable bonds is 2. The van der Waals surface area contributed by atoms with E-state index in [-0.39, 0.29) is 0 Å². The maximum Gasteiger partial charge on any atom is 0.164 e. The monoisotopic (exact) mass is 262 g/mol. The molecule has 1 saturated heterocycles. The van der Waals surface area contributed by atoms with E-state index in [4.69, 9.17) is 11.6 Å². The third-order valence-electron chi connectivity index (χ3n) is 3.37. The minimum Gasteiger partial charge on any atom is -0.315 e. The van der Waals surface area contributed by atoms with E-state index >= 15 is 0 Å². The molecule has 0 bridgehead atoms. The Kier molecular flexibility index (Phi) is 3.06. The summed E-state index contributed by atoms with van der Waals surface area (Å²) in [6.45, 7) is 4.05. The molecule has 5 heteroatoms. The van der Waals surface area contributed by atoms with Crippen LogP contribution in [0.25, 0.3) is 11.4 Å². The van der Waals surface area contributed by atoms with Gasteiger partial charge in [0, 0.05) is 17.1 Å². The molecular formula is C13H15ClN4. The third kappa shape index (κ3) is 2.02. The molecule has 1 aliphatic rings. The molecule has 1 N–H and O–H groups in total. The Morgan fingerprint density at radius 2 is 2.06 bits per heavy atom. The van der Waals surface area contributed by atoms with Gasteiger partial charge in [0.05, 0.1) is 6.04 Å². The van der Waals surface area contributed by atoms with Gasteiger partial charge in [0.1, 0.15) is 5.82 Å². The summed E-state index contributed by atoms with van der Waals surface area (Å²) in [5, 5.41) is 12.6. The van der Waals surface area contributed by atoms with Gasteiger partial charge in [-0.25, -0.2) is 0 Å². The van der Waals surface area contributed by atoms with Crippen molar-refractivity contribution in [2.75, 3.05) is 13.1 Å². The number of benzene rings is 1. The maximum atomic E-state index is 5.92. The highest BCUT2D eigenvalue weighted by Crippen LogP contribution is 2.26. The lowest BCUT2D eigenvalue weighted by molar-refractivity contribution is 0.537. The molecule has 1 aromatic heterocycles. The molecule has 0 saturated carbocycles. The average molecular weight is 263 g/mol. The van der Waals surface area contributed by atoms with E-state index < -0.39 is 0 Å². The van der Waals surface area contributed by atoms with Crippen LogP contribution < -0.4 is 5.32 Å². The molecule has 4 nitrogen and oxygen atoms in total. The lowest BCUT2D eigenvalue weighted by atomic mass is 10.2. The van der Waals surface area contributed by atoms with E-state index in [1.807, 2.05) is 31.2 Å². The maximum absolute atomic E-state index is 5.92. The molecule has 1 fully saturated rings. The largest absolute Gasteiger partial charge is 0.315 e. The highest BCUT2D eigenvalue weighted by atomic mass is 35.5. The van der Waals surface area contributed by atoms with Crippen molar-refractivity contribution in [1.82, 2.24) is 20.1 Å². The zero-order valence-electron chi connectivity index (χ0n) is 10.2. The van der Waals surface area contributed by atoms with Gasteiger partial charge in [0.25, 0.3) is 0 Å². The van der Waals surface area contributed by atoms with Crippen molar-refractivity contribution >= 4 is 11.6 Å². The summed E-state index contributed by atoms with van der Waals surface area (Å²) >= 11 is 5.92. The van der Waals surface area contributed by atoms with Crippen molar-refractivity contribution in [3.63, 3.8) is 0 Å². The van der Waals surface area contributed by atoms with Crippen LogP contribution in [0.15, 0.2) is 24.3 Å². The number of hydrogen-bond donors (Lipinski definition) is 1. The van der Waals surface area contributed by atoms with Gasteiger partial charge in [-0.1, -0.05) is 11.6 Å². The van der Waals surface area contributed by atoms with E-state index in [9.17, 15) is 0 Å². The molecule has 0 aliphatic carbocycles. The van der Waals surface area contributed by atoms with Crippen LogP contribution in [0.4, 0.5) is 0 Å². The minimum absolute atomic E-state index is 0.450. The molecule has 0 spiro atoms. The summed E-state index contributed by atoms with van der Waals surface area (Å²) < 4.78 is 2.23. The van der Waals surface area contributed by atoms with E-state index in [0.29, 0.717) is 6.04 Å². The van der Waals surface area contributed by atoms with Gasteiger partial charge in [-0.15, -0.1) is 10.2 Å². The fourth-order valence-corrected chi connectivity index (χ4v) is 2.59. The zero-order valence-corrected chi connectivity index (χ0v) is 11.0. The average Bonchev–Trinajstić information content (AvgIpc) is 2.99. The van der Waals surface area contributed by atoms with Crippen LogP contribution in [0.5, 0.6) is 0 Å². The Morgan fingerprint density at radius 3 is 2.72 bits per heavy atom. The van der Waals surface area contributed by atoms with Crippen LogP contribution in [0.2, 0.25) is 5.02 Å². The van der Waals surface area contributed by atoms with E-state index in [0.717, 1.165) is 41.7 Å². The smallest absolute Gasteiger partial charge is 0.164 e. The van der Waals surface area contributed by atoms with Gasteiger partial charge >= 0.3 is 0 Å². The molecule has 2 heterocycles. The second kappa shape index (κ2) is 4.71. The van der Waals surface area contributed by atoms with E-state index in [1.165, 1.54) is 0 Å². The fourth-order valence-electron chi connectivity index (χ4n) is 2.46. The Hall–Kier alpha value is -1.39. The normalized spacial score (nSPS) is 19.3. The summed E-state index contributed by atoms with van der Waals surface area (Å²) in [5.74, 6) is 1.89. The second-order valence-corrected chi connectivity index (χ2v) is 5.03. The summed E-state index contributed by atoms with van der Waals surface area (Å²) in [6, 6.07) is 8.21. The number of halogens is 1. The van der Waals surface area contributed by atoms with Crippen LogP contribution >= 0.6 is 11.6 Å². The zero-order chi connectivity index (χ0) is 12.5. The lowest BCUT2D eigenvalue weighted by Gasteiger charge is -2.15. The van der Waals surface area contributed by atoms with Crippen molar-refractivity contribution in [3.8, 4) is 11.4 Å². The molecule has 0 amide bonds. The highest BCUT2D eigenvalue weighted by molar-refractivity contribution is 6.30. The number of hydrogen-bond acceptors (Lipinski definition) is 3. The van der Waals surface area contributed by atoms with Gasteiger partial charge in [0.15, 0.2) is 5.82 Å². The molecule has 1 aromatic carbocycles. The summed E-state index contributed by atoms with van der Waals surface area (Å²) in [5.41, 5.74) is 1.06. The predicted octanol–water partition coefficient (Wildman–Crippen LogP) is 2.44. The number of nitrogens with zero attached hydrogens (tertiary/aromatic N) is 3. The van der Waals surface area contributed by atoms with Crippen molar-refractivity contribution < 1.29 is 0 Å². The van der Waals surface area contributed by atoms with Gasteiger partial charge < -0.3 is 9.88 Å². The van der Waals surface area contributed by atoms with E-state index in [2.05, 4.69) is 20.1 Å². The van der Waals surface area contributed by atoms with Crippen LogP contribution in [0, 0.1) is 6.92 Å². The standard InChI is InChI=1S/C13H15ClN4/c1-9-16-17-13(10-2-4-11(14)5-3-10)18(9)12-6-7-15-8-12/h2-5,12,15H,6-8H2,1H3. The Morgan fingerprint density at radius 1 is 1.28 bits per heavy atom. The quantitative estimate of drug-likeness (QED) is 0.904. The molecule has 2 aromatic rings. The van der Waals surface area contributed by atoms with Gasteiger partial charge in [-0.3, -0.25) is 0 Å². The van der Waals surface area contributed by atoms with Crippen molar-refractivity contribution in [2.24, 2.45) is 0 Å². The summed E-state index contributed by atoms with van der Waals surface area (Å²) in [4.78, 5) is 0.